The van der Waals surface area contributed by atoms with E-state index in [0.717, 1.165) is 0 Å². The van der Waals surface area contributed by atoms with Gasteiger partial charge < -0.3 is 26.2 Å². The molecule has 2 aromatic rings. The van der Waals surface area contributed by atoms with E-state index < -0.39 is 17.9 Å². The topological polar surface area (TPSA) is 133 Å². The number of phenols is 1. The first-order valence-electron chi connectivity index (χ1n) is 9.71. The van der Waals surface area contributed by atoms with E-state index in [2.05, 4.69) is 5.32 Å². The summed E-state index contributed by atoms with van der Waals surface area (Å²) >= 11 is 12.7. The van der Waals surface area contributed by atoms with Crippen molar-refractivity contribution in [3.63, 3.8) is 0 Å². The largest absolute Gasteiger partial charge is 0.507 e. The van der Waals surface area contributed by atoms with Gasteiger partial charge in [-0.2, -0.15) is 0 Å². The molecule has 1 aliphatic heterocycles. The van der Waals surface area contributed by atoms with Gasteiger partial charge in [0.2, 0.25) is 5.91 Å². The second-order valence-electron chi connectivity index (χ2n) is 7.19. The standard InChI is InChI=1S/C22H21Cl2N3O5/c23-15-9-13-11-27(18(29)6-5-12-3-1-2-4-17(12)28)8-7-14(13)20(24)19(15)21(30)26-16(10-25)22(31)32/h1-6,9,16,28H,7-8,10-11,25H2,(H,26,30)(H,31,32)/b6-5+/t16-/m0/s1. The zero-order valence-corrected chi connectivity index (χ0v) is 18.4. The van der Waals surface area contributed by atoms with Crippen molar-refractivity contribution >= 4 is 47.1 Å². The van der Waals surface area contributed by atoms with E-state index in [9.17, 15) is 19.5 Å². The normalized spacial score (nSPS) is 14.2. The number of halogens is 2. The predicted molar refractivity (Wildman–Crippen MR) is 121 cm³/mol. The minimum atomic E-state index is -1.27. The van der Waals surface area contributed by atoms with Crippen molar-refractivity contribution in [3.05, 3.63) is 68.7 Å². The number of phenolic OH excluding ortho intramolecular Hbond substituents is 1. The molecular formula is C22H21Cl2N3O5. The first kappa shape index (κ1) is 23.6. The number of nitrogens with two attached hydrogens (primary N) is 1. The number of hydrogen-bond donors (Lipinski definition) is 4. The number of hydrogen-bond acceptors (Lipinski definition) is 5. The molecule has 8 nitrogen and oxygen atoms in total. The lowest BCUT2D eigenvalue weighted by Crippen LogP contribution is -2.46. The maximum atomic E-state index is 12.6. The quantitative estimate of drug-likeness (QED) is 0.472. The monoisotopic (exact) mass is 477 g/mol. The summed E-state index contributed by atoms with van der Waals surface area (Å²) in [6.07, 6.45) is 3.31. The smallest absolute Gasteiger partial charge is 0.327 e. The molecule has 0 unspecified atom stereocenters. The van der Waals surface area contributed by atoms with Gasteiger partial charge in [0.15, 0.2) is 0 Å². The Balaban J connectivity index is 1.79. The molecule has 2 amide bonds. The van der Waals surface area contributed by atoms with Gasteiger partial charge >= 0.3 is 5.97 Å². The number of aromatic hydroxyl groups is 1. The molecule has 0 fully saturated rings. The molecule has 3 rings (SSSR count). The minimum absolute atomic E-state index is 0.0222. The van der Waals surface area contributed by atoms with Gasteiger partial charge in [-0.05, 0) is 35.8 Å². The number of carboxylic acids is 1. The third-order valence-corrected chi connectivity index (χ3v) is 5.84. The fourth-order valence-corrected chi connectivity index (χ4v) is 4.16. The molecule has 0 saturated heterocycles. The highest BCUT2D eigenvalue weighted by Gasteiger charge is 2.28. The first-order chi connectivity index (χ1) is 15.2. The van der Waals surface area contributed by atoms with Gasteiger partial charge in [-0.25, -0.2) is 4.79 Å². The number of carboxylic acid groups (broad SMARTS) is 1. The third kappa shape index (κ3) is 5.04. The van der Waals surface area contributed by atoms with Crippen LogP contribution >= 0.6 is 23.2 Å². The molecule has 10 heteroatoms. The molecule has 0 aliphatic carbocycles. The van der Waals surface area contributed by atoms with Crippen molar-refractivity contribution in [2.75, 3.05) is 13.1 Å². The second-order valence-corrected chi connectivity index (χ2v) is 7.97. The molecule has 0 bridgehead atoms. The zero-order valence-electron chi connectivity index (χ0n) is 16.8. The molecule has 168 valence electrons. The van der Waals surface area contributed by atoms with Crippen molar-refractivity contribution in [2.45, 2.75) is 19.0 Å². The molecular weight excluding hydrogens is 457 g/mol. The lowest BCUT2D eigenvalue weighted by molar-refractivity contribution is -0.139. The first-order valence-corrected chi connectivity index (χ1v) is 10.5. The lowest BCUT2D eigenvalue weighted by atomic mass is 9.96. The number of nitrogens with zero attached hydrogens (tertiary/aromatic N) is 1. The van der Waals surface area contributed by atoms with E-state index in [-0.39, 0.29) is 40.4 Å². The van der Waals surface area contributed by atoms with Crippen LogP contribution in [0, 0.1) is 0 Å². The average molecular weight is 478 g/mol. The number of fused-ring (bicyclic) bond motifs is 1. The van der Waals surface area contributed by atoms with Crippen LogP contribution in [0.15, 0.2) is 36.4 Å². The second kappa shape index (κ2) is 10.0. The molecule has 0 saturated carbocycles. The lowest BCUT2D eigenvalue weighted by Gasteiger charge is -2.29. The van der Waals surface area contributed by atoms with Crippen molar-refractivity contribution in [1.82, 2.24) is 10.2 Å². The van der Waals surface area contributed by atoms with Crippen LogP contribution in [0.1, 0.15) is 27.0 Å². The Labute approximate surface area is 194 Å². The Morgan fingerprint density at radius 2 is 1.97 bits per heavy atom. The van der Waals surface area contributed by atoms with E-state index in [1.165, 1.54) is 18.2 Å². The minimum Gasteiger partial charge on any atom is -0.507 e. The average Bonchev–Trinajstić information content (AvgIpc) is 2.76. The van der Waals surface area contributed by atoms with Gasteiger partial charge in [0.1, 0.15) is 11.8 Å². The van der Waals surface area contributed by atoms with Gasteiger partial charge in [0.05, 0.1) is 15.6 Å². The number of carbonyl (C=O) groups is 3. The number of carbonyl (C=O) groups excluding carboxylic acids is 2. The van der Waals surface area contributed by atoms with E-state index in [4.69, 9.17) is 34.0 Å². The predicted octanol–water partition coefficient (Wildman–Crippen LogP) is 2.44. The number of nitrogens with one attached hydrogen (secondary N) is 1. The Hall–Kier alpha value is -3.07. The number of aliphatic carboxylic acids is 1. The van der Waals surface area contributed by atoms with Gasteiger partial charge in [0.25, 0.3) is 5.91 Å². The Bertz CT molecular complexity index is 1100. The highest BCUT2D eigenvalue weighted by atomic mass is 35.5. The molecule has 1 aliphatic rings. The Kier molecular flexibility index (Phi) is 7.40. The van der Waals surface area contributed by atoms with Crippen LogP contribution in [0.2, 0.25) is 10.0 Å². The molecule has 1 atom stereocenters. The van der Waals surface area contributed by atoms with Crippen molar-refractivity contribution in [2.24, 2.45) is 5.73 Å². The van der Waals surface area contributed by atoms with Gasteiger partial charge in [-0.1, -0.05) is 41.4 Å². The van der Waals surface area contributed by atoms with Crippen LogP contribution in [0.25, 0.3) is 6.08 Å². The zero-order chi connectivity index (χ0) is 23.4. The molecule has 2 aromatic carbocycles. The van der Waals surface area contributed by atoms with E-state index in [1.807, 2.05) is 0 Å². The van der Waals surface area contributed by atoms with Crippen LogP contribution in [0.5, 0.6) is 5.75 Å². The van der Waals surface area contributed by atoms with Crippen LogP contribution in [0.4, 0.5) is 0 Å². The number of amides is 2. The highest BCUT2D eigenvalue weighted by Crippen LogP contribution is 2.34. The Morgan fingerprint density at radius 1 is 1.25 bits per heavy atom. The van der Waals surface area contributed by atoms with Gasteiger partial charge in [-0.15, -0.1) is 0 Å². The fraction of sp³-hybridized carbons (Fsp3) is 0.227. The van der Waals surface area contributed by atoms with E-state index >= 15 is 0 Å². The van der Waals surface area contributed by atoms with Crippen LogP contribution in [-0.2, 0) is 22.6 Å². The maximum absolute atomic E-state index is 12.6. The van der Waals surface area contributed by atoms with Crippen LogP contribution in [-0.4, -0.2) is 52.0 Å². The SMILES string of the molecule is NC[C@H](NC(=O)c1c(Cl)cc2c(c1Cl)CCN(C(=O)/C=C/c1ccccc1O)C2)C(=O)O. The van der Waals surface area contributed by atoms with Crippen LogP contribution in [0.3, 0.4) is 0 Å². The summed E-state index contributed by atoms with van der Waals surface area (Å²) in [4.78, 5) is 37.9. The summed E-state index contributed by atoms with van der Waals surface area (Å²) < 4.78 is 0. The summed E-state index contributed by atoms with van der Waals surface area (Å²) in [6, 6.07) is 6.96. The molecule has 0 spiro atoms. The molecule has 32 heavy (non-hydrogen) atoms. The Morgan fingerprint density at radius 3 is 2.62 bits per heavy atom. The number of para-hydroxylation sites is 1. The van der Waals surface area contributed by atoms with Crippen molar-refractivity contribution in [3.8, 4) is 5.75 Å². The van der Waals surface area contributed by atoms with Crippen LogP contribution < -0.4 is 11.1 Å². The summed E-state index contributed by atoms with van der Waals surface area (Å²) in [6.45, 7) is 0.313. The summed E-state index contributed by atoms with van der Waals surface area (Å²) in [5, 5.41) is 21.4. The molecule has 0 aromatic heterocycles. The summed E-state index contributed by atoms with van der Waals surface area (Å²) in [5.74, 6) is -2.17. The van der Waals surface area contributed by atoms with Crippen molar-refractivity contribution in [1.29, 1.82) is 0 Å². The summed E-state index contributed by atoms with van der Waals surface area (Å²) in [5.41, 5.74) is 7.26. The fourth-order valence-electron chi connectivity index (χ4n) is 3.39. The van der Waals surface area contributed by atoms with E-state index in [1.54, 1.807) is 29.2 Å². The maximum Gasteiger partial charge on any atom is 0.327 e. The van der Waals surface area contributed by atoms with Crippen molar-refractivity contribution < 1.29 is 24.6 Å². The van der Waals surface area contributed by atoms with Gasteiger partial charge in [-0.3, -0.25) is 9.59 Å². The van der Waals surface area contributed by atoms with E-state index in [0.29, 0.717) is 29.7 Å². The number of benzene rings is 2. The third-order valence-electron chi connectivity index (χ3n) is 5.12. The van der Waals surface area contributed by atoms with Gasteiger partial charge in [0, 0.05) is 31.3 Å². The molecule has 0 radical (unpaired) electrons. The summed E-state index contributed by atoms with van der Waals surface area (Å²) in [7, 11) is 0. The molecule has 1 heterocycles. The highest BCUT2D eigenvalue weighted by molar-refractivity contribution is 6.40. The number of rotatable bonds is 6. The molecule has 5 N–H and O–H groups in total.